The number of nitrogens with two attached hydrogens (primary N) is 1. The minimum Gasteiger partial charge on any atom is -0.381 e. The predicted octanol–water partition coefficient (Wildman–Crippen LogP) is 2.19. The molecule has 2 N–H and O–H groups in total. The Morgan fingerprint density at radius 3 is 2.83 bits per heavy atom. The fourth-order valence-electron chi connectivity index (χ4n) is 2.87. The van der Waals surface area contributed by atoms with E-state index in [-0.39, 0.29) is 0 Å². The zero-order valence-electron chi connectivity index (χ0n) is 11.4. The molecule has 3 heteroatoms. The summed E-state index contributed by atoms with van der Waals surface area (Å²) in [5.41, 5.74) is 8.57. The number of hydrogen-bond acceptors (Lipinski definition) is 3. The number of benzene rings is 1. The van der Waals surface area contributed by atoms with Crippen LogP contribution in [-0.2, 0) is 4.74 Å². The molecule has 1 aliphatic heterocycles. The SMILES string of the molecule is Cc1ccccc1N(C)C(CN)C1CCCOC1. The molecule has 2 atom stereocenters. The van der Waals surface area contributed by atoms with E-state index in [1.54, 1.807) is 0 Å². The predicted molar refractivity (Wildman–Crippen MR) is 76.0 cm³/mol. The van der Waals surface area contributed by atoms with E-state index < -0.39 is 0 Å². The number of rotatable bonds is 4. The number of nitrogens with zero attached hydrogens (tertiary/aromatic N) is 1. The summed E-state index contributed by atoms with van der Waals surface area (Å²) >= 11 is 0. The number of likely N-dealkylation sites (N-methyl/N-ethyl adjacent to an activating group) is 1. The average molecular weight is 248 g/mol. The molecule has 0 radical (unpaired) electrons. The largest absolute Gasteiger partial charge is 0.381 e. The molecule has 0 aliphatic carbocycles. The Bertz CT molecular complexity index is 375. The Labute approximate surface area is 110 Å². The van der Waals surface area contributed by atoms with Gasteiger partial charge in [-0.05, 0) is 31.4 Å². The maximum Gasteiger partial charge on any atom is 0.0514 e. The zero-order chi connectivity index (χ0) is 13.0. The van der Waals surface area contributed by atoms with E-state index in [0.29, 0.717) is 18.5 Å². The van der Waals surface area contributed by atoms with Gasteiger partial charge in [-0.1, -0.05) is 18.2 Å². The van der Waals surface area contributed by atoms with Crippen molar-refractivity contribution in [3.05, 3.63) is 29.8 Å². The Morgan fingerprint density at radius 2 is 2.22 bits per heavy atom. The van der Waals surface area contributed by atoms with Crippen LogP contribution < -0.4 is 10.6 Å². The molecule has 0 amide bonds. The van der Waals surface area contributed by atoms with Gasteiger partial charge in [0.2, 0.25) is 0 Å². The van der Waals surface area contributed by atoms with Crippen molar-refractivity contribution in [2.24, 2.45) is 11.7 Å². The van der Waals surface area contributed by atoms with Crippen LogP contribution in [0, 0.1) is 12.8 Å². The minimum atomic E-state index is 0.367. The summed E-state index contributed by atoms with van der Waals surface area (Å²) in [6.45, 7) is 4.58. The number of ether oxygens (including phenoxy) is 1. The summed E-state index contributed by atoms with van der Waals surface area (Å²) in [5.74, 6) is 0.549. The first-order valence-electron chi connectivity index (χ1n) is 6.80. The lowest BCUT2D eigenvalue weighted by molar-refractivity contribution is 0.0453. The molecule has 1 heterocycles. The van der Waals surface area contributed by atoms with Crippen molar-refractivity contribution in [3.8, 4) is 0 Å². The Kier molecular flexibility index (Phi) is 4.61. The Hall–Kier alpha value is -1.06. The summed E-state index contributed by atoms with van der Waals surface area (Å²) in [7, 11) is 2.15. The van der Waals surface area contributed by atoms with Gasteiger partial charge in [0, 0.05) is 37.8 Å². The van der Waals surface area contributed by atoms with Crippen LogP contribution in [0.3, 0.4) is 0 Å². The van der Waals surface area contributed by atoms with E-state index in [2.05, 4.69) is 43.1 Å². The second-order valence-corrected chi connectivity index (χ2v) is 5.18. The molecule has 1 aromatic rings. The van der Waals surface area contributed by atoms with Gasteiger partial charge in [0.25, 0.3) is 0 Å². The van der Waals surface area contributed by atoms with Crippen LogP contribution in [0.4, 0.5) is 5.69 Å². The normalized spacial score (nSPS) is 21.6. The number of anilines is 1. The zero-order valence-corrected chi connectivity index (χ0v) is 11.4. The van der Waals surface area contributed by atoms with Crippen LogP contribution in [0.25, 0.3) is 0 Å². The Balaban J connectivity index is 2.14. The van der Waals surface area contributed by atoms with E-state index in [0.717, 1.165) is 19.6 Å². The molecular formula is C15H24N2O. The van der Waals surface area contributed by atoms with E-state index in [1.807, 2.05) is 0 Å². The maximum atomic E-state index is 5.99. The smallest absolute Gasteiger partial charge is 0.0514 e. The number of hydrogen-bond donors (Lipinski definition) is 1. The average Bonchev–Trinajstić information content (AvgIpc) is 2.41. The van der Waals surface area contributed by atoms with Crippen LogP contribution in [0.15, 0.2) is 24.3 Å². The van der Waals surface area contributed by atoms with Gasteiger partial charge in [-0.3, -0.25) is 0 Å². The third-order valence-electron chi connectivity index (χ3n) is 3.97. The highest BCUT2D eigenvalue weighted by molar-refractivity contribution is 5.53. The highest BCUT2D eigenvalue weighted by Crippen LogP contribution is 2.26. The first kappa shape index (κ1) is 13.4. The van der Waals surface area contributed by atoms with Gasteiger partial charge in [-0.15, -0.1) is 0 Å². The van der Waals surface area contributed by atoms with Crippen molar-refractivity contribution in [1.82, 2.24) is 0 Å². The van der Waals surface area contributed by atoms with Gasteiger partial charge in [0.05, 0.1) is 6.61 Å². The van der Waals surface area contributed by atoms with Crippen molar-refractivity contribution >= 4 is 5.69 Å². The highest BCUT2D eigenvalue weighted by Gasteiger charge is 2.27. The van der Waals surface area contributed by atoms with Crippen molar-refractivity contribution < 1.29 is 4.74 Å². The summed E-state index contributed by atoms with van der Waals surface area (Å²) in [6.07, 6.45) is 2.38. The topological polar surface area (TPSA) is 38.5 Å². The van der Waals surface area contributed by atoms with Gasteiger partial charge < -0.3 is 15.4 Å². The molecular weight excluding hydrogens is 224 g/mol. The van der Waals surface area contributed by atoms with E-state index >= 15 is 0 Å². The first-order valence-corrected chi connectivity index (χ1v) is 6.80. The molecule has 0 saturated carbocycles. The molecule has 0 spiro atoms. The first-order chi connectivity index (χ1) is 8.74. The molecule has 0 aromatic heterocycles. The second-order valence-electron chi connectivity index (χ2n) is 5.18. The summed E-state index contributed by atoms with van der Waals surface area (Å²) < 4.78 is 5.60. The quantitative estimate of drug-likeness (QED) is 0.887. The molecule has 100 valence electrons. The third kappa shape index (κ3) is 2.85. The Morgan fingerprint density at radius 1 is 1.44 bits per heavy atom. The lowest BCUT2D eigenvalue weighted by atomic mass is 9.92. The van der Waals surface area contributed by atoms with Crippen molar-refractivity contribution in [2.45, 2.75) is 25.8 Å². The van der Waals surface area contributed by atoms with Gasteiger partial charge in [-0.2, -0.15) is 0 Å². The highest BCUT2D eigenvalue weighted by atomic mass is 16.5. The molecule has 1 aromatic carbocycles. The van der Waals surface area contributed by atoms with E-state index in [1.165, 1.54) is 17.7 Å². The van der Waals surface area contributed by atoms with Crippen LogP contribution in [-0.4, -0.2) is 32.8 Å². The van der Waals surface area contributed by atoms with Crippen LogP contribution in [0.5, 0.6) is 0 Å². The summed E-state index contributed by atoms with van der Waals surface area (Å²) in [5, 5.41) is 0. The number of para-hydroxylation sites is 1. The molecule has 18 heavy (non-hydrogen) atoms. The molecule has 2 rings (SSSR count). The molecule has 2 unspecified atom stereocenters. The molecule has 0 bridgehead atoms. The van der Waals surface area contributed by atoms with Gasteiger partial charge in [-0.25, -0.2) is 0 Å². The molecule has 1 fully saturated rings. The third-order valence-corrected chi connectivity index (χ3v) is 3.97. The second kappa shape index (κ2) is 6.21. The van der Waals surface area contributed by atoms with Crippen LogP contribution in [0.2, 0.25) is 0 Å². The van der Waals surface area contributed by atoms with Crippen LogP contribution in [0.1, 0.15) is 18.4 Å². The minimum absolute atomic E-state index is 0.367. The van der Waals surface area contributed by atoms with Gasteiger partial charge >= 0.3 is 0 Å². The van der Waals surface area contributed by atoms with Gasteiger partial charge in [0.15, 0.2) is 0 Å². The molecule has 1 saturated heterocycles. The fraction of sp³-hybridized carbons (Fsp3) is 0.600. The standard InChI is InChI=1S/C15H24N2O/c1-12-6-3-4-8-14(12)17(2)15(10-16)13-7-5-9-18-11-13/h3-4,6,8,13,15H,5,7,9-11,16H2,1-2H3. The lowest BCUT2D eigenvalue weighted by Gasteiger charge is -2.37. The lowest BCUT2D eigenvalue weighted by Crippen LogP contribution is -2.46. The fourth-order valence-corrected chi connectivity index (χ4v) is 2.87. The summed E-state index contributed by atoms with van der Waals surface area (Å²) in [4.78, 5) is 2.33. The van der Waals surface area contributed by atoms with Crippen molar-refractivity contribution in [2.75, 3.05) is 31.7 Å². The molecule has 3 nitrogen and oxygen atoms in total. The van der Waals surface area contributed by atoms with Crippen LogP contribution >= 0.6 is 0 Å². The summed E-state index contributed by atoms with van der Waals surface area (Å²) in [6, 6.07) is 8.85. The monoisotopic (exact) mass is 248 g/mol. The van der Waals surface area contributed by atoms with Crippen molar-refractivity contribution in [1.29, 1.82) is 0 Å². The van der Waals surface area contributed by atoms with E-state index in [9.17, 15) is 0 Å². The van der Waals surface area contributed by atoms with E-state index in [4.69, 9.17) is 10.5 Å². The van der Waals surface area contributed by atoms with Gasteiger partial charge in [0.1, 0.15) is 0 Å². The maximum absolute atomic E-state index is 5.99. The molecule has 1 aliphatic rings. The van der Waals surface area contributed by atoms with Crippen molar-refractivity contribution in [3.63, 3.8) is 0 Å². The number of aryl methyl sites for hydroxylation is 1.